The molecule has 0 fully saturated rings. The Morgan fingerprint density at radius 1 is 1.03 bits per heavy atom. The minimum absolute atomic E-state index is 0.146. The third-order valence-electron chi connectivity index (χ3n) is 4.29. The van der Waals surface area contributed by atoms with Crippen molar-refractivity contribution in [3.63, 3.8) is 0 Å². The molecule has 0 bridgehead atoms. The van der Waals surface area contributed by atoms with Crippen LogP contribution in [-0.4, -0.2) is 43.0 Å². The number of hydrogen-bond donors (Lipinski definition) is 1. The highest BCUT2D eigenvalue weighted by molar-refractivity contribution is 6.39. The molecule has 168 valence electrons. The van der Waals surface area contributed by atoms with Crippen molar-refractivity contribution in [1.82, 2.24) is 4.90 Å². The first-order valence-electron chi connectivity index (χ1n) is 10.2. The van der Waals surface area contributed by atoms with E-state index in [1.165, 1.54) is 4.90 Å². The molecule has 8 heteroatoms. The molecule has 0 aliphatic heterocycles. The lowest BCUT2D eigenvalue weighted by Gasteiger charge is -2.22. The summed E-state index contributed by atoms with van der Waals surface area (Å²) >= 11 is 12.2. The maximum Gasteiger partial charge on any atom is 0.254 e. The maximum atomic E-state index is 13.0. The Morgan fingerprint density at radius 3 is 2.29 bits per heavy atom. The molecular formula is C23H28Cl2N2O4. The molecule has 0 radical (unpaired) electrons. The predicted octanol–water partition coefficient (Wildman–Crippen LogP) is 5.53. The normalized spacial score (nSPS) is 10.7. The van der Waals surface area contributed by atoms with Crippen molar-refractivity contribution in [3.05, 3.63) is 52.0 Å². The number of carbonyl (C=O) groups is 2. The molecule has 2 aromatic rings. The van der Waals surface area contributed by atoms with E-state index in [0.717, 1.165) is 0 Å². The lowest BCUT2D eigenvalue weighted by atomic mass is 10.1. The fourth-order valence-electron chi connectivity index (χ4n) is 2.76. The Balaban J connectivity index is 2.15. The summed E-state index contributed by atoms with van der Waals surface area (Å²) in [7, 11) is 0. The lowest BCUT2D eigenvalue weighted by molar-refractivity contribution is -0.116. The number of anilines is 1. The van der Waals surface area contributed by atoms with Gasteiger partial charge in [0.2, 0.25) is 5.91 Å². The van der Waals surface area contributed by atoms with Crippen molar-refractivity contribution in [2.75, 3.05) is 31.6 Å². The maximum absolute atomic E-state index is 13.0. The van der Waals surface area contributed by atoms with Crippen molar-refractivity contribution >= 4 is 40.7 Å². The number of benzene rings is 2. The van der Waals surface area contributed by atoms with Crippen molar-refractivity contribution in [2.45, 2.75) is 27.7 Å². The standard InChI is InChI=1S/C23H28Cl2N2O4/c1-5-27(13-21(28)26-22-17(24)8-7-9-18(22)25)23(29)16-10-11-19(31-14-15(3)4)20(12-16)30-6-2/h7-12,15H,5-6,13-14H2,1-4H3,(H,26,28). The summed E-state index contributed by atoms with van der Waals surface area (Å²) in [5.74, 6) is 0.751. The van der Waals surface area contributed by atoms with Gasteiger partial charge in [-0.25, -0.2) is 0 Å². The number of para-hydroxylation sites is 1. The number of halogens is 2. The highest BCUT2D eigenvalue weighted by atomic mass is 35.5. The summed E-state index contributed by atoms with van der Waals surface area (Å²) in [6.45, 7) is 8.95. The second-order valence-corrected chi connectivity index (χ2v) is 8.08. The first kappa shape index (κ1) is 24.8. The first-order chi connectivity index (χ1) is 14.8. The molecule has 2 aromatic carbocycles. The van der Waals surface area contributed by atoms with Gasteiger partial charge in [0.25, 0.3) is 5.91 Å². The summed E-state index contributed by atoms with van der Waals surface area (Å²) < 4.78 is 11.4. The van der Waals surface area contributed by atoms with Crippen molar-refractivity contribution in [1.29, 1.82) is 0 Å². The van der Waals surface area contributed by atoms with Gasteiger partial charge < -0.3 is 19.7 Å². The number of nitrogens with one attached hydrogen (secondary N) is 1. The van der Waals surface area contributed by atoms with E-state index in [4.69, 9.17) is 32.7 Å². The highest BCUT2D eigenvalue weighted by Crippen LogP contribution is 2.31. The number of likely N-dealkylation sites (N-methyl/N-ethyl adjacent to an activating group) is 1. The average Bonchev–Trinajstić information content (AvgIpc) is 2.73. The molecule has 0 saturated heterocycles. The molecule has 0 aromatic heterocycles. The molecule has 0 unspecified atom stereocenters. The van der Waals surface area contributed by atoms with Crippen LogP contribution in [0, 0.1) is 5.92 Å². The Hall–Kier alpha value is -2.44. The quantitative estimate of drug-likeness (QED) is 0.499. The number of carbonyl (C=O) groups excluding carboxylic acids is 2. The Bertz CT molecular complexity index is 898. The lowest BCUT2D eigenvalue weighted by Crippen LogP contribution is -2.38. The minimum atomic E-state index is -0.396. The smallest absolute Gasteiger partial charge is 0.254 e. The molecule has 0 heterocycles. The Kier molecular flexibility index (Phi) is 9.46. The van der Waals surface area contributed by atoms with Gasteiger partial charge in [0.05, 0.1) is 28.9 Å². The number of amides is 2. The van der Waals surface area contributed by atoms with Gasteiger partial charge in [0, 0.05) is 12.1 Å². The van der Waals surface area contributed by atoms with Gasteiger partial charge in [0.15, 0.2) is 11.5 Å². The molecule has 0 spiro atoms. The predicted molar refractivity (Wildman–Crippen MR) is 125 cm³/mol. The van der Waals surface area contributed by atoms with Crippen LogP contribution in [0.4, 0.5) is 5.69 Å². The summed E-state index contributed by atoms with van der Waals surface area (Å²) in [5, 5.41) is 3.33. The second kappa shape index (κ2) is 11.8. The zero-order chi connectivity index (χ0) is 23.0. The van der Waals surface area contributed by atoms with Crippen LogP contribution in [0.1, 0.15) is 38.1 Å². The van der Waals surface area contributed by atoms with Crippen LogP contribution < -0.4 is 14.8 Å². The molecule has 0 aliphatic rings. The summed E-state index contributed by atoms with van der Waals surface area (Å²) in [6, 6.07) is 9.98. The molecule has 0 aliphatic carbocycles. The van der Waals surface area contributed by atoms with Gasteiger partial charge in [-0.1, -0.05) is 43.1 Å². The number of hydrogen-bond acceptors (Lipinski definition) is 4. The van der Waals surface area contributed by atoms with Crippen LogP contribution in [0.25, 0.3) is 0 Å². The zero-order valence-electron chi connectivity index (χ0n) is 18.2. The van der Waals surface area contributed by atoms with Crippen molar-refractivity contribution in [2.24, 2.45) is 5.92 Å². The summed E-state index contributed by atoms with van der Waals surface area (Å²) in [4.78, 5) is 27.0. The van der Waals surface area contributed by atoms with E-state index >= 15 is 0 Å². The van der Waals surface area contributed by atoms with Crippen molar-refractivity contribution < 1.29 is 19.1 Å². The average molecular weight is 467 g/mol. The minimum Gasteiger partial charge on any atom is -0.490 e. The Labute approximate surface area is 193 Å². The van der Waals surface area contributed by atoms with Crippen LogP contribution in [-0.2, 0) is 4.79 Å². The molecule has 1 N–H and O–H groups in total. The van der Waals surface area contributed by atoms with Gasteiger partial charge in [0.1, 0.15) is 6.54 Å². The van der Waals surface area contributed by atoms with Crippen LogP contribution in [0.5, 0.6) is 11.5 Å². The fraction of sp³-hybridized carbons (Fsp3) is 0.391. The third kappa shape index (κ3) is 7.04. The highest BCUT2D eigenvalue weighted by Gasteiger charge is 2.20. The zero-order valence-corrected chi connectivity index (χ0v) is 19.7. The molecule has 2 amide bonds. The van der Waals surface area contributed by atoms with E-state index in [-0.39, 0.29) is 12.5 Å². The van der Waals surface area contributed by atoms with Crippen LogP contribution in [0.15, 0.2) is 36.4 Å². The van der Waals surface area contributed by atoms with Gasteiger partial charge in [-0.3, -0.25) is 9.59 Å². The van der Waals surface area contributed by atoms with E-state index in [1.54, 1.807) is 43.3 Å². The van der Waals surface area contributed by atoms with E-state index in [1.807, 2.05) is 6.92 Å². The number of rotatable bonds is 10. The molecule has 6 nitrogen and oxygen atoms in total. The van der Waals surface area contributed by atoms with E-state index in [0.29, 0.717) is 58.5 Å². The second-order valence-electron chi connectivity index (χ2n) is 7.26. The molecule has 31 heavy (non-hydrogen) atoms. The number of ether oxygens (including phenoxy) is 2. The monoisotopic (exact) mass is 466 g/mol. The van der Waals surface area contributed by atoms with Gasteiger partial charge in [-0.15, -0.1) is 0 Å². The third-order valence-corrected chi connectivity index (χ3v) is 4.92. The summed E-state index contributed by atoms with van der Waals surface area (Å²) in [6.07, 6.45) is 0. The molecular weight excluding hydrogens is 439 g/mol. The van der Waals surface area contributed by atoms with Crippen molar-refractivity contribution in [3.8, 4) is 11.5 Å². The number of nitrogens with zero attached hydrogens (tertiary/aromatic N) is 1. The molecule has 2 rings (SSSR count). The molecule has 0 saturated carbocycles. The topological polar surface area (TPSA) is 67.9 Å². The van der Waals surface area contributed by atoms with Crippen LogP contribution >= 0.6 is 23.2 Å². The van der Waals surface area contributed by atoms with E-state index in [2.05, 4.69) is 19.2 Å². The largest absolute Gasteiger partial charge is 0.490 e. The summed E-state index contributed by atoms with van der Waals surface area (Å²) in [5.41, 5.74) is 0.732. The van der Waals surface area contributed by atoms with Gasteiger partial charge in [-0.05, 0) is 50.1 Å². The SMILES string of the molecule is CCOc1cc(C(=O)N(CC)CC(=O)Nc2c(Cl)cccc2Cl)ccc1OCC(C)C. The first-order valence-corrected chi connectivity index (χ1v) is 10.9. The van der Waals surface area contributed by atoms with Gasteiger partial charge in [-0.2, -0.15) is 0 Å². The fourth-order valence-corrected chi connectivity index (χ4v) is 3.26. The molecule has 0 atom stereocenters. The van der Waals surface area contributed by atoms with E-state index < -0.39 is 5.91 Å². The Morgan fingerprint density at radius 2 is 1.71 bits per heavy atom. The van der Waals surface area contributed by atoms with Gasteiger partial charge >= 0.3 is 0 Å². The van der Waals surface area contributed by atoms with Crippen LogP contribution in [0.2, 0.25) is 10.0 Å². The van der Waals surface area contributed by atoms with Crippen LogP contribution in [0.3, 0.4) is 0 Å². The van der Waals surface area contributed by atoms with E-state index in [9.17, 15) is 9.59 Å².